The Bertz CT molecular complexity index is 841. The van der Waals surface area contributed by atoms with E-state index in [1.807, 2.05) is 18.2 Å². The molecule has 0 radical (unpaired) electrons. The average Bonchev–Trinajstić information content (AvgIpc) is 2.80. The summed E-state index contributed by atoms with van der Waals surface area (Å²) in [4.78, 5) is 27.4. The fourth-order valence-corrected chi connectivity index (χ4v) is 4.69. The van der Waals surface area contributed by atoms with Crippen molar-refractivity contribution in [1.29, 1.82) is 0 Å². The topological polar surface area (TPSA) is 49.3 Å². The highest BCUT2D eigenvalue weighted by atomic mass is 16.2. The lowest BCUT2D eigenvalue weighted by Crippen LogP contribution is -2.41. The van der Waals surface area contributed by atoms with Crippen LogP contribution in [-0.4, -0.2) is 40.4 Å². The third-order valence-corrected chi connectivity index (χ3v) is 6.40. The standard InChI is InChI=1S/C24H32N4O/c1-3-27(4-2)23-20-17-28(24(29)19-13-9-6-10-14-19)16-15-21(20)25-22(26-23)18-11-7-5-8-12-18/h5,7-8,11-12,19H,3-4,6,9-10,13-17H2,1-2H3. The maximum absolute atomic E-state index is 13.1. The molecule has 1 aromatic carbocycles. The third-order valence-electron chi connectivity index (χ3n) is 6.40. The van der Waals surface area contributed by atoms with Crippen molar-refractivity contribution in [2.24, 2.45) is 5.92 Å². The number of carbonyl (C=O) groups is 1. The Morgan fingerprint density at radius 3 is 2.48 bits per heavy atom. The molecule has 1 amide bonds. The summed E-state index contributed by atoms with van der Waals surface area (Å²) in [6.07, 6.45) is 6.56. The molecule has 4 rings (SSSR count). The van der Waals surface area contributed by atoms with E-state index in [4.69, 9.17) is 9.97 Å². The molecular weight excluding hydrogens is 360 g/mol. The van der Waals surface area contributed by atoms with Gasteiger partial charge in [-0.05, 0) is 26.7 Å². The zero-order valence-electron chi connectivity index (χ0n) is 17.7. The third kappa shape index (κ3) is 4.14. The van der Waals surface area contributed by atoms with E-state index in [1.165, 1.54) is 19.3 Å². The Morgan fingerprint density at radius 1 is 1.07 bits per heavy atom. The maximum atomic E-state index is 13.1. The summed E-state index contributed by atoms with van der Waals surface area (Å²) in [5, 5.41) is 0. The van der Waals surface area contributed by atoms with Crippen LogP contribution in [0.2, 0.25) is 0 Å². The monoisotopic (exact) mass is 392 g/mol. The van der Waals surface area contributed by atoms with Crippen LogP contribution in [0.3, 0.4) is 0 Å². The van der Waals surface area contributed by atoms with Crippen molar-refractivity contribution in [3.63, 3.8) is 0 Å². The number of anilines is 1. The highest BCUT2D eigenvalue weighted by molar-refractivity contribution is 5.79. The first-order valence-corrected chi connectivity index (χ1v) is 11.2. The van der Waals surface area contributed by atoms with Crippen LogP contribution in [0.5, 0.6) is 0 Å². The van der Waals surface area contributed by atoms with Crippen molar-refractivity contribution < 1.29 is 4.79 Å². The van der Waals surface area contributed by atoms with Gasteiger partial charge in [-0.3, -0.25) is 4.79 Å². The fourth-order valence-electron chi connectivity index (χ4n) is 4.69. The van der Waals surface area contributed by atoms with Crippen molar-refractivity contribution in [1.82, 2.24) is 14.9 Å². The van der Waals surface area contributed by atoms with E-state index in [2.05, 4.69) is 35.8 Å². The summed E-state index contributed by atoms with van der Waals surface area (Å²) in [5.74, 6) is 2.35. The summed E-state index contributed by atoms with van der Waals surface area (Å²) in [6, 6.07) is 10.2. The second kappa shape index (κ2) is 8.93. The number of amides is 1. The van der Waals surface area contributed by atoms with Gasteiger partial charge in [0.1, 0.15) is 5.82 Å². The second-order valence-corrected chi connectivity index (χ2v) is 8.18. The molecule has 1 aliphatic heterocycles. The largest absolute Gasteiger partial charge is 0.357 e. The van der Waals surface area contributed by atoms with Crippen molar-refractivity contribution >= 4 is 11.7 Å². The van der Waals surface area contributed by atoms with Gasteiger partial charge in [-0.1, -0.05) is 49.6 Å². The minimum Gasteiger partial charge on any atom is -0.357 e. The number of carbonyl (C=O) groups excluding carboxylic acids is 1. The van der Waals surface area contributed by atoms with E-state index in [-0.39, 0.29) is 5.92 Å². The number of hydrogen-bond acceptors (Lipinski definition) is 4. The highest BCUT2D eigenvalue weighted by Gasteiger charge is 2.31. The number of benzene rings is 1. The van der Waals surface area contributed by atoms with Crippen LogP contribution in [0.1, 0.15) is 57.2 Å². The Morgan fingerprint density at radius 2 is 1.79 bits per heavy atom. The molecule has 0 spiro atoms. The van der Waals surface area contributed by atoms with E-state index >= 15 is 0 Å². The smallest absolute Gasteiger partial charge is 0.225 e. The van der Waals surface area contributed by atoms with Gasteiger partial charge in [0.15, 0.2) is 5.82 Å². The molecule has 1 aliphatic carbocycles. The number of fused-ring (bicyclic) bond motifs is 1. The molecule has 0 unspecified atom stereocenters. The zero-order valence-corrected chi connectivity index (χ0v) is 17.7. The number of hydrogen-bond donors (Lipinski definition) is 0. The van der Waals surface area contributed by atoms with Crippen LogP contribution < -0.4 is 4.90 Å². The normalized spacial score (nSPS) is 17.1. The van der Waals surface area contributed by atoms with Gasteiger partial charge in [-0.25, -0.2) is 9.97 Å². The summed E-state index contributed by atoms with van der Waals surface area (Å²) in [5.41, 5.74) is 3.29. The summed E-state index contributed by atoms with van der Waals surface area (Å²) in [6.45, 7) is 7.52. The van der Waals surface area contributed by atoms with Crippen LogP contribution in [0.4, 0.5) is 5.82 Å². The van der Waals surface area contributed by atoms with E-state index in [0.29, 0.717) is 12.5 Å². The molecule has 1 saturated carbocycles. The Labute approximate surface area is 174 Å². The van der Waals surface area contributed by atoms with Gasteiger partial charge < -0.3 is 9.80 Å². The van der Waals surface area contributed by atoms with Crippen LogP contribution in [0.25, 0.3) is 11.4 Å². The van der Waals surface area contributed by atoms with E-state index in [0.717, 1.165) is 67.4 Å². The van der Waals surface area contributed by atoms with Crippen LogP contribution in [0.15, 0.2) is 30.3 Å². The molecular formula is C24H32N4O. The van der Waals surface area contributed by atoms with E-state index < -0.39 is 0 Å². The molecule has 0 N–H and O–H groups in total. The molecule has 2 aliphatic rings. The van der Waals surface area contributed by atoms with Gasteiger partial charge in [-0.15, -0.1) is 0 Å². The number of aromatic nitrogens is 2. The molecule has 2 aromatic rings. The summed E-state index contributed by atoms with van der Waals surface area (Å²) >= 11 is 0. The first-order valence-electron chi connectivity index (χ1n) is 11.2. The fraction of sp³-hybridized carbons (Fsp3) is 0.542. The lowest BCUT2D eigenvalue weighted by atomic mass is 9.87. The molecule has 1 fully saturated rings. The van der Waals surface area contributed by atoms with Gasteiger partial charge in [0, 0.05) is 43.1 Å². The molecule has 0 bridgehead atoms. The second-order valence-electron chi connectivity index (χ2n) is 8.18. The quantitative estimate of drug-likeness (QED) is 0.754. The molecule has 2 heterocycles. The van der Waals surface area contributed by atoms with Crippen LogP contribution in [0, 0.1) is 5.92 Å². The molecule has 0 saturated heterocycles. The number of rotatable bonds is 5. The van der Waals surface area contributed by atoms with Gasteiger partial charge in [0.05, 0.1) is 12.2 Å². The first-order chi connectivity index (χ1) is 14.2. The predicted molar refractivity (Wildman–Crippen MR) is 117 cm³/mol. The maximum Gasteiger partial charge on any atom is 0.225 e. The van der Waals surface area contributed by atoms with Crippen molar-refractivity contribution in [2.45, 2.75) is 58.9 Å². The molecule has 0 atom stereocenters. The van der Waals surface area contributed by atoms with Crippen molar-refractivity contribution in [2.75, 3.05) is 24.5 Å². The summed E-state index contributed by atoms with van der Waals surface area (Å²) < 4.78 is 0. The van der Waals surface area contributed by atoms with Crippen LogP contribution in [-0.2, 0) is 17.8 Å². The molecule has 5 nitrogen and oxygen atoms in total. The van der Waals surface area contributed by atoms with Crippen molar-refractivity contribution in [3.8, 4) is 11.4 Å². The first kappa shape index (κ1) is 19.9. The molecule has 5 heteroatoms. The molecule has 29 heavy (non-hydrogen) atoms. The van der Waals surface area contributed by atoms with Crippen LogP contribution >= 0.6 is 0 Å². The Balaban J connectivity index is 1.67. The lowest BCUT2D eigenvalue weighted by Gasteiger charge is -2.35. The van der Waals surface area contributed by atoms with E-state index in [1.54, 1.807) is 0 Å². The van der Waals surface area contributed by atoms with Gasteiger partial charge in [0.25, 0.3) is 0 Å². The van der Waals surface area contributed by atoms with Gasteiger partial charge in [-0.2, -0.15) is 0 Å². The lowest BCUT2D eigenvalue weighted by molar-refractivity contribution is -0.137. The number of nitrogens with zero attached hydrogens (tertiary/aromatic N) is 4. The molecule has 154 valence electrons. The highest BCUT2D eigenvalue weighted by Crippen LogP contribution is 2.32. The minimum atomic E-state index is 0.215. The minimum absolute atomic E-state index is 0.215. The summed E-state index contributed by atoms with van der Waals surface area (Å²) in [7, 11) is 0. The average molecular weight is 393 g/mol. The van der Waals surface area contributed by atoms with Crippen molar-refractivity contribution in [3.05, 3.63) is 41.6 Å². The molecule has 1 aromatic heterocycles. The van der Waals surface area contributed by atoms with E-state index in [9.17, 15) is 4.79 Å². The van der Waals surface area contributed by atoms with Gasteiger partial charge in [0.2, 0.25) is 5.91 Å². The SMILES string of the molecule is CCN(CC)c1nc(-c2ccccc2)nc2c1CN(C(=O)C1CCCCC1)CC2. The Hall–Kier alpha value is -2.43. The zero-order chi connectivity index (χ0) is 20.2. The Kier molecular flexibility index (Phi) is 6.12. The van der Waals surface area contributed by atoms with Gasteiger partial charge >= 0.3 is 0 Å². The predicted octanol–water partition coefficient (Wildman–Crippen LogP) is 4.45.